The van der Waals surface area contributed by atoms with E-state index in [4.69, 9.17) is 5.73 Å². The molecule has 1 atom stereocenters. The number of amides is 1. The first-order chi connectivity index (χ1) is 15.1. The largest absolute Gasteiger partial charge is 0.335 e. The maximum atomic E-state index is 12.2. The van der Waals surface area contributed by atoms with Crippen LogP contribution in [-0.4, -0.2) is 41.4 Å². The molecule has 0 spiro atoms. The minimum absolute atomic E-state index is 0.294. The average Bonchev–Trinajstić information content (AvgIpc) is 3.13. The lowest BCUT2D eigenvalue weighted by atomic mass is 10.1. The first-order valence-corrected chi connectivity index (χ1v) is 13.2. The smallest absolute Gasteiger partial charge is 0.223 e. The maximum absolute atomic E-state index is 12.2. The van der Waals surface area contributed by atoms with Gasteiger partial charge in [-0.1, -0.05) is 74.4 Å². The van der Waals surface area contributed by atoms with Crippen LogP contribution in [0.5, 0.6) is 0 Å². The van der Waals surface area contributed by atoms with E-state index >= 15 is 0 Å². The number of carbonyl (C=O) groups is 1. The summed E-state index contributed by atoms with van der Waals surface area (Å²) in [5, 5.41) is 0. The zero-order valence-electron chi connectivity index (χ0n) is 20.1. The highest BCUT2D eigenvalue weighted by Crippen LogP contribution is 2.21. The molecule has 2 N–H and O–H groups in total. The molecule has 0 radical (unpaired) electrons. The van der Waals surface area contributed by atoms with Crippen molar-refractivity contribution >= 4 is 17.7 Å². The number of hydrogen-bond acceptors (Lipinski definition) is 3. The normalized spacial score (nSPS) is 15.9. The van der Waals surface area contributed by atoms with Gasteiger partial charge in [-0.25, -0.2) is 0 Å². The number of unbranched alkanes of at least 4 members (excludes halogenated alkanes) is 2. The molecule has 1 heterocycles. The minimum Gasteiger partial charge on any atom is -0.335 e. The summed E-state index contributed by atoms with van der Waals surface area (Å²) >= 11 is 1.97. The molecule has 1 fully saturated rings. The summed E-state index contributed by atoms with van der Waals surface area (Å²) in [6.45, 7) is 11.6. The van der Waals surface area contributed by atoms with Crippen molar-refractivity contribution in [1.29, 1.82) is 0 Å². The molecular formula is C27H44N2OS. The molecule has 0 bridgehead atoms. The van der Waals surface area contributed by atoms with Crippen molar-refractivity contribution in [3.63, 3.8) is 0 Å². The second-order valence-electron chi connectivity index (χ2n) is 8.03. The van der Waals surface area contributed by atoms with Crippen molar-refractivity contribution in [2.24, 2.45) is 5.73 Å². The first-order valence-electron chi connectivity index (χ1n) is 12.1. The summed E-state index contributed by atoms with van der Waals surface area (Å²) in [6, 6.07) is 9.00. The van der Waals surface area contributed by atoms with Gasteiger partial charge in [-0.05, 0) is 56.8 Å². The topological polar surface area (TPSA) is 46.3 Å². The van der Waals surface area contributed by atoms with E-state index in [0.29, 0.717) is 24.9 Å². The van der Waals surface area contributed by atoms with Crippen LogP contribution in [0.1, 0.15) is 69.9 Å². The van der Waals surface area contributed by atoms with Gasteiger partial charge in [0.05, 0.1) is 6.04 Å². The van der Waals surface area contributed by atoms with E-state index in [1.165, 1.54) is 36.1 Å². The second-order valence-corrected chi connectivity index (χ2v) is 9.25. The van der Waals surface area contributed by atoms with Gasteiger partial charge < -0.3 is 10.6 Å². The van der Waals surface area contributed by atoms with Crippen LogP contribution in [0.4, 0.5) is 0 Å². The Bertz CT molecular complexity index is 671. The molecule has 31 heavy (non-hydrogen) atoms. The Kier molecular flexibility index (Phi) is 15.2. The number of benzene rings is 1. The molecule has 0 saturated carbocycles. The molecule has 2 rings (SSSR count). The molecule has 1 aliphatic heterocycles. The molecular weight excluding hydrogens is 400 g/mol. The number of allylic oxidation sites excluding steroid dienone is 1. The fourth-order valence-corrected chi connectivity index (χ4v) is 4.68. The summed E-state index contributed by atoms with van der Waals surface area (Å²) in [7, 11) is 0. The third-order valence-electron chi connectivity index (χ3n) is 5.50. The number of thioether (sulfide) groups is 1. The van der Waals surface area contributed by atoms with Crippen molar-refractivity contribution in [3.8, 4) is 0 Å². The predicted molar refractivity (Wildman–Crippen MR) is 139 cm³/mol. The van der Waals surface area contributed by atoms with Crippen LogP contribution < -0.4 is 5.73 Å². The predicted octanol–water partition coefficient (Wildman–Crippen LogP) is 6.31. The van der Waals surface area contributed by atoms with E-state index in [-0.39, 0.29) is 0 Å². The van der Waals surface area contributed by atoms with Gasteiger partial charge in [0.15, 0.2) is 0 Å². The van der Waals surface area contributed by atoms with Crippen LogP contribution in [0.2, 0.25) is 0 Å². The van der Waals surface area contributed by atoms with Gasteiger partial charge in [0.2, 0.25) is 5.91 Å². The highest BCUT2D eigenvalue weighted by molar-refractivity contribution is 7.99. The van der Waals surface area contributed by atoms with Crippen molar-refractivity contribution in [3.05, 3.63) is 59.7 Å². The Balaban J connectivity index is 0.00000233. The molecule has 1 aromatic carbocycles. The van der Waals surface area contributed by atoms with Gasteiger partial charge in [-0.2, -0.15) is 11.8 Å². The van der Waals surface area contributed by atoms with Gasteiger partial charge in [0, 0.05) is 25.3 Å². The Morgan fingerprint density at radius 3 is 2.81 bits per heavy atom. The van der Waals surface area contributed by atoms with Crippen LogP contribution in [0.15, 0.2) is 48.6 Å². The van der Waals surface area contributed by atoms with Crippen molar-refractivity contribution < 1.29 is 4.79 Å². The summed E-state index contributed by atoms with van der Waals surface area (Å²) < 4.78 is 0. The molecule has 0 aliphatic carbocycles. The van der Waals surface area contributed by atoms with Gasteiger partial charge in [-0.3, -0.25) is 4.79 Å². The van der Waals surface area contributed by atoms with Crippen LogP contribution in [0, 0.1) is 6.92 Å². The molecule has 1 saturated heterocycles. The van der Waals surface area contributed by atoms with E-state index in [1.807, 2.05) is 25.6 Å². The Hall–Kier alpha value is -1.52. The number of hydrogen-bond donors (Lipinski definition) is 1. The van der Waals surface area contributed by atoms with Crippen LogP contribution in [-0.2, 0) is 11.2 Å². The number of carbonyl (C=O) groups excluding carboxylic acids is 1. The number of aryl methyl sites for hydroxylation is 2. The van der Waals surface area contributed by atoms with Gasteiger partial charge in [0.25, 0.3) is 0 Å². The standard InChI is InChI=1S/C25H38N2OS.C2H6/c1-21-10-8-12-23(19-21)11-5-6-13-24-14-15-25(28)27(24)16-18-29-17-7-3-4-9-22(2)20-26;1-2/h6,8,10,12-13,19,24H,2-5,7,9,11,14-18,20,26H2,1H3;1-2H3/b13-6+;. The molecule has 1 aliphatic rings. The van der Waals surface area contributed by atoms with Crippen molar-refractivity contribution in [2.75, 3.05) is 24.6 Å². The Labute approximate surface area is 195 Å². The van der Waals surface area contributed by atoms with E-state index in [0.717, 1.165) is 43.6 Å². The third kappa shape index (κ3) is 11.6. The molecule has 1 unspecified atom stereocenters. The summed E-state index contributed by atoms with van der Waals surface area (Å²) in [5.74, 6) is 2.53. The fourth-order valence-electron chi connectivity index (χ4n) is 3.74. The number of likely N-dealkylation sites (tertiary alicyclic amines) is 1. The lowest BCUT2D eigenvalue weighted by Crippen LogP contribution is -2.33. The van der Waals surface area contributed by atoms with E-state index < -0.39 is 0 Å². The summed E-state index contributed by atoms with van der Waals surface area (Å²) in [5.41, 5.74) is 9.42. The maximum Gasteiger partial charge on any atom is 0.223 e. The zero-order valence-corrected chi connectivity index (χ0v) is 20.9. The molecule has 3 nitrogen and oxygen atoms in total. The van der Waals surface area contributed by atoms with E-state index in [9.17, 15) is 4.79 Å². The number of nitrogens with zero attached hydrogens (tertiary/aromatic N) is 1. The molecule has 1 amide bonds. The van der Waals surface area contributed by atoms with Gasteiger partial charge in [0.1, 0.15) is 0 Å². The molecule has 4 heteroatoms. The molecule has 174 valence electrons. The highest BCUT2D eigenvalue weighted by Gasteiger charge is 2.28. The monoisotopic (exact) mass is 444 g/mol. The molecule has 1 aromatic rings. The minimum atomic E-state index is 0.294. The van der Waals surface area contributed by atoms with Gasteiger partial charge in [-0.15, -0.1) is 0 Å². The average molecular weight is 445 g/mol. The Morgan fingerprint density at radius 1 is 1.26 bits per heavy atom. The van der Waals surface area contributed by atoms with Crippen molar-refractivity contribution in [1.82, 2.24) is 4.90 Å². The highest BCUT2D eigenvalue weighted by atomic mass is 32.2. The summed E-state index contributed by atoms with van der Waals surface area (Å²) in [4.78, 5) is 14.3. The lowest BCUT2D eigenvalue weighted by molar-refractivity contribution is -0.128. The van der Waals surface area contributed by atoms with Gasteiger partial charge >= 0.3 is 0 Å². The van der Waals surface area contributed by atoms with Crippen LogP contribution in [0.25, 0.3) is 0 Å². The summed E-state index contributed by atoms with van der Waals surface area (Å²) in [6.07, 6.45) is 13.0. The van der Waals surface area contributed by atoms with Crippen LogP contribution in [0.3, 0.4) is 0 Å². The van der Waals surface area contributed by atoms with Crippen LogP contribution >= 0.6 is 11.8 Å². The number of nitrogens with two attached hydrogens (primary N) is 1. The zero-order chi connectivity index (χ0) is 22.9. The lowest BCUT2D eigenvalue weighted by Gasteiger charge is -2.22. The Morgan fingerprint density at radius 2 is 2.06 bits per heavy atom. The van der Waals surface area contributed by atoms with Crippen molar-refractivity contribution in [2.45, 2.75) is 78.2 Å². The van der Waals surface area contributed by atoms with E-state index in [1.54, 1.807) is 0 Å². The third-order valence-corrected chi connectivity index (χ3v) is 6.55. The van der Waals surface area contributed by atoms with E-state index in [2.05, 4.69) is 54.8 Å². The quantitative estimate of drug-likeness (QED) is 0.270. The first kappa shape index (κ1) is 27.5. The molecule has 0 aromatic heterocycles. The fraction of sp³-hybridized carbons (Fsp3) is 0.593. The SMILES string of the molecule is C=C(CN)CCCCCSCCN1C(=O)CCC1/C=C/CCc1cccc(C)c1.CC. The number of rotatable bonds is 14. The second kappa shape index (κ2) is 17.1.